The van der Waals surface area contributed by atoms with Gasteiger partial charge in [0.1, 0.15) is 5.84 Å². The number of nitrogens with two attached hydrogens (primary N) is 1. The van der Waals surface area contributed by atoms with E-state index in [4.69, 9.17) is 15.5 Å². The van der Waals surface area contributed by atoms with E-state index in [1.54, 1.807) is 17.9 Å². The highest BCUT2D eigenvalue weighted by Gasteiger charge is 2.20. The van der Waals surface area contributed by atoms with Gasteiger partial charge in [0.15, 0.2) is 0 Å². The molecule has 0 saturated heterocycles. The number of oxime groups is 1. The summed E-state index contributed by atoms with van der Waals surface area (Å²) in [6.07, 6.45) is 0.308. The first-order chi connectivity index (χ1) is 8.93. The molecule has 1 aromatic heterocycles. The molecule has 106 valence electrons. The van der Waals surface area contributed by atoms with Crippen LogP contribution in [0.4, 0.5) is 0 Å². The Balaban J connectivity index is 2.75. The maximum atomic E-state index is 12.2. The van der Waals surface area contributed by atoms with Crippen LogP contribution in [-0.2, 0) is 0 Å². The third-order valence-electron chi connectivity index (χ3n) is 2.48. The Morgan fingerprint density at radius 3 is 2.79 bits per heavy atom. The van der Waals surface area contributed by atoms with Gasteiger partial charge in [0, 0.05) is 25.6 Å². The van der Waals surface area contributed by atoms with Crippen molar-refractivity contribution < 1.29 is 14.5 Å². The van der Waals surface area contributed by atoms with Gasteiger partial charge in [0.05, 0.1) is 5.69 Å². The summed E-state index contributed by atoms with van der Waals surface area (Å²) in [5.74, 6) is 0.369. The lowest BCUT2D eigenvalue weighted by atomic mass is 10.2. The molecule has 0 spiro atoms. The highest BCUT2D eigenvalue weighted by molar-refractivity contribution is 5.92. The van der Waals surface area contributed by atoms with Crippen LogP contribution >= 0.6 is 0 Å². The molecule has 1 amide bonds. The number of nitrogens with zero attached hydrogens (tertiary/aromatic N) is 3. The number of rotatable bonds is 6. The van der Waals surface area contributed by atoms with Crippen LogP contribution in [0.15, 0.2) is 15.7 Å². The van der Waals surface area contributed by atoms with Crippen LogP contribution in [0.5, 0.6) is 0 Å². The lowest BCUT2D eigenvalue weighted by Crippen LogP contribution is -2.36. The van der Waals surface area contributed by atoms with Gasteiger partial charge >= 0.3 is 0 Å². The molecule has 1 heterocycles. The summed E-state index contributed by atoms with van der Waals surface area (Å²) in [5.41, 5.74) is 6.08. The van der Waals surface area contributed by atoms with Crippen molar-refractivity contribution in [2.75, 3.05) is 13.1 Å². The first-order valence-electron chi connectivity index (χ1n) is 6.13. The van der Waals surface area contributed by atoms with E-state index in [2.05, 4.69) is 10.3 Å². The van der Waals surface area contributed by atoms with Gasteiger partial charge in [-0.3, -0.25) is 4.79 Å². The molecule has 0 aromatic carbocycles. The molecule has 1 aromatic rings. The van der Waals surface area contributed by atoms with Crippen molar-refractivity contribution in [2.24, 2.45) is 16.8 Å². The van der Waals surface area contributed by atoms with Crippen molar-refractivity contribution in [1.29, 1.82) is 0 Å². The van der Waals surface area contributed by atoms with Crippen molar-refractivity contribution in [3.8, 4) is 0 Å². The molecule has 1 rings (SSSR count). The lowest BCUT2D eigenvalue weighted by molar-refractivity contribution is 0.0698. The number of hydrogen-bond donors (Lipinski definition) is 2. The van der Waals surface area contributed by atoms with Crippen LogP contribution in [0.3, 0.4) is 0 Å². The van der Waals surface area contributed by atoms with Crippen molar-refractivity contribution in [3.05, 3.63) is 17.5 Å². The lowest BCUT2D eigenvalue weighted by Gasteiger charge is -2.23. The van der Waals surface area contributed by atoms with Gasteiger partial charge in [-0.05, 0) is 12.8 Å². The summed E-state index contributed by atoms with van der Waals surface area (Å²) >= 11 is 0. The molecule has 0 bridgehead atoms. The Bertz CT molecular complexity index is 454. The molecule has 3 N–H and O–H groups in total. The van der Waals surface area contributed by atoms with E-state index in [9.17, 15) is 4.79 Å². The first-order valence-corrected chi connectivity index (χ1v) is 6.13. The molecular formula is C12H20N4O3. The fourth-order valence-corrected chi connectivity index (χ4v) is 1.64. The zero-order chi connectivity index (χ0) is 14.4. The molecule has 0 aliphatic rings. The number of hydrogen-bond acceptors (Lipinski definition) is 5. The number of aromatic nitrogens is 1. The van der Waals surface area contributed by atoms with Crippen LogP contribution in [-0.4, -0.2) is 40.1 Å². The Kier molecular flexibility index (Phi) is 5.35. The van der Waals surface area contributed by atoms with Crippen LogP contribution < -0.4 is 5.73 Å². The van der Waals surface area contributed by atoms with Gasteiger partial charge in [-0.15, -0.1) is 0 Å². The van der Waals surface area contributed by atoms with E-state index in [1.165, 1.54) is 0 Å². The topological polar surface area (TPSA) is 105 Å². The molecule has 7 nitrogen and oxygen atoms in total. The molecule has 19 heavy (non-hydrogen) atoms. The van der Waals surface area contributed by atoms with Crippen LogP contribution in [0.25, 0.3) is 0 Å². The molecule has 0 fully saturated rings. The van der Waals surface area contributed by atoms with Crippen molar-refractivity contribution in [2.45, 2.75) is 27.2 Å². The SMILES string of the molecule is Cc1cc(C(=O)N(CCC(N)=NO)CC(C)C)on1. The van der Waals surface area contributed by atoms with E-state index in [-0.39, 0.29) is 17.5 Å². The summed E-state index contributed by atoms with van der Waals surface area (Å²) in [5, 5.41) is 15.1. The summed E-state index contributed by atoms with van der Waals surface area (Å²) in [7, 11) is 0. The maximum Gasteiger partial charge on any atom is 0.292 e. The van der Waals surface area contributed by atoms with Gasteiger partial charge < -0.3 is 20.4 Å². The number of carbonyl (C=O) groups is 1. The minimum atomic E-state index is -0.236. The second kappa shape index (κ2) is 6.77. The second-order valence-corrected chi connectivity index (χ2v) is 4.82. The number of amidine groups is 1. The zero-order valence-electron chi connectivity index (χ0n) is 11.5. The summed E-state index contributed by atoms with van der Waals surface area (Å²) < 4.78 is 4.97. The number of aryl methyl sites for hydroxylation is 1. The van der Waals surface area contributed by atoms with E-state index in [0.29, 0.717) is 31.1 Å². The summed E-state index contributed by atoms with van der Waals surface area (Å²) in [4.78, 5) is 13.9. The maximum absolute atomic E-state index is 12.2. The monoisotopic (exact) mass is 268 g/mol. The second-order valence-electron chi connectivity index (χ2n) is 4.82. The molecule has 0 atom stereocenters. The quantitative estimate of drug-likeness (QED) is 0.349. The standard InChI is InChI=1S/C12H20N4O3/c1-8(2)7-16(5-4-11(13)14-18)12(17)10-6-9(3)15-19-10/h6,8,18H,4-5,7H2,1-3H3,(H2,13,14). The fraction of sp³-hybridized carbons (Fsp3) is 0.583. The highest BCUT2D eigenvalue weighted by atomic mass is 16.5. The fourth-order valence-electron chi connectivity index (χ4n) is 1.64. The summed E-state index contributed by atoms with van der Waals surface area (Å²) in [6, 6.07) is 1.60. The Morgan fingerprint density at radius 1 is 1.63 bits per heavy atom. The largest absolute Gasteiger partial charge is 0.409 e. The van der Waals surface area contributed by atoms with Gasteiger partial charge in [0.2, 0.25) is 5.76 Å². The third-order valence-corrected chi connectivity index (χ3v) is 2.48. The molecule has 0 aliphatic carbocycles. The van der Waals surface area contributed by atoms with Crippen molar-refractivity contribution in [3.63, 3.8) is 0 Å². The van der Waals surface area contributed by atoms with Gasteiger partial charge in [0.25, 0.3) is 5.91 Å². The molecule has 0 radical (unpaired) electrons. The molecule has 7 heteroatoms. The predicted molar refractivity (Wildman–Crippen MR) is 70.0 cm³/mol. The minimum absolute atomic E-state index is 0.0929. The number of amides is 1. The number of carbonyl (C=O) groups excluding carboxylic acids is 1. The Labute approximate surface area is 112 Å². The predicted octanol–water partition coefficient (Wildman–Crippen LogP) is 1.22. The van der Waals surface area contributed by atoms with E-state index < -0.39 is 0 Å². The van der Waals surface area contributed by atoms with Crippen LogP contribution in [0.2, 0.25) is 0 Å². The molecule has 0 saturated carbocycles. The third kappa shape index (κ3) is 4.61. The van der Waals surface area contributed by atoms with Crippen molar-refractivity contribution in [1.82, 2.24) is 10.1 Å². The normalized spacial score (nSPS) is 11.9. The molecule has 0 unspecified atom stereocenters. The minimum Gasteiger partial charge on any atom is -0.409 e. The van der Waals surface area contributed by atoms with Gasteiger partial charge in [-0.2, -0.15) is 0 Å². The zero-order valence-corrected chi connectivity index (χ0v) is 11.5. The first kappa shape index (κ1) is 15.0. The average molecular weight is 268 g/mol. The van der Waals surface area contributed by atoms with Crippen LogP contribution in [0.1, 0.15) is 36.5 Å². The van der Waals surface area contributed by atoms with Gasteiger partial charge in [-0.25, -0.2) is 0 Å². The highest BCUT2D eigenvalue weighted by Crippen LogP contribution is 2.09. The van der Waals surface area contributed by atoms with E-state index in [0.717, 1.165) is 0 Å². The Morgan fingerprint density at radius 2 is 2.32 bits per heavy atom. The van der Waals surface area contributed by atoms with Crippen molar-refractivity contribution >= 4 is 11.7 Å². The van der Waals surface area contributed by atoms with Gasteiger partial charge in [-0.1, -0.05) is 24.2 Å². The van der Waals surface area contributed by atoms with Crippen LogP contribution in [0, 0.1) is 12.8 Å². The smallest absolute Gasteiger partial charge is 0.292 e. The van der Waals surface area contributed by atoms with E-state index >= 15 is 0 Å². The van der Waals surface area contributed by atoms with E-state index in [1.807, 2.05) is 13.8 Å². The summed E-state index contributed by atoms with van der Waals surface area (Å²) in [6.45, 7) is 6.71. The average Bonchev–Trinajstić information content (AvgIpc) is 2.79. The Hall–Kier alpha value is -2.05. The molecular weight excluding hydrogens is 248 g/mol. The molecule has 0 aliphatic heterocycles.